The molecule has 2 aromatic rings. The van der Waals surface area contributed by atoms with Gasteiger partial charge in [0.15, 0.2) is 0 Å². The largest absolute Gasteiger partial charge is 0.313 e. The van der Waals surface area contributed by atoms with Crippen LogP contribution < -0.4 is 5.32 Å². The Labute approximate surface area is 129 Å². The molecule has 4 heteroatoms. The Hall–Kier alpha value is -1.13. The molecule has 3 nitrogen and oxygen atoms in total. The van der Waals surface area contributed by atoms with Crippen molar-refractivity contribution in [3.8, 4) is 0 Å². The van der Waals surface area contributed by atoms with E-state index in [1.807, 2.05) is 6.20 Å². The molecule has 0 atom stereocenters. The quantitative estimate of drug-likeness (QED) is 0.781. The summed E-state index contributed by atoms with van der Waals surface area (Å²) in [5.74, 6) is 0. The lowest BCUT2D eigenvalue weighted by molar-refractivity contribution is 0.637. The highest BCUT2D eigenvalue weighted by molar-refractivity contribution is 9.10. The second-order valence-corrected chi connectivity index (χ2v) is 5.85. The van der Waals surface area contributed by atoms with Gasteiger partial charge in [-0.1, -0.05) is 41.9 Å². The third-order valence-electron chi connectivity index (χ3n) is 3.36. The molecule has 1 aromatic carbocycles. The van der Waals surface area contributed by atoms with Gasteiger partial charge in [-0.3, -0.25) is 4.68 Å². The second kappa shape index (κ2) is 7.60. The third kappa shape index (κ3) is 3.93. The number of benzene rings is 1. The van der Waals surface area contributed by atoms with Crippen LogP contribution in [0.1, 0.15) is 37.1 Å². The maximum absolute atomic E-state index is 4.55. The van der Waals surface area contributed by atoms with E-state index in [1.165, 1.54) is 16.8 Å². The molecule has 2 rings (SSSR count). The van der Waals surface area contributed by atoms with Crippen LogP contribution in [0.25, 0.3) is 0 Å². The van der Waals surface area contributed by atoms with Gasteiger partial charge in [-0.2, -0.15) is 5.10 Å². The van der Waals surface area contributed by atoms with Crippen molar-refractivity contribution in [1.82, 2.24) is 15.1 Å². The molecule has 0 amide bonds. The predicted octanol–water partition coefficient (Wildman–Crippen LogP) is 3.76. The van der Waals surface area contributed by atoms with Gasteiger partial charge in [0, 0.05) is 22.3 Å². The molecule has 0 spiro atoms. The van der Waals surface area contributed by atoms with Gasteiger partial charge in [-0.25, -0.2) is 0 Å². The molecule has 20 heavy (non-hydrogen) atoms. The highest BCUT2D eigenvalue weighted by Gasteiger charge is 2.09. The summed E-state index contributed by atoms with van der Waals surface area (Å²) in [6, 6.07) is 8.43. The van der Waals surface area contributed by atoms with Crippen LogP contribution in [0, 0.1) is 0 Å². The summed E-state index contributed by atoms with van der Waals surface area (Å²) in [6.45, 7) is 7.19. The van der Waals surface area contributed by atoms with Crippen LogP contribution in [0.3, 0.4) is 0 Å². The van der Waals surface area contributed by atoms with Gasteiger partial charge in [0.2, 0.25) is 0 Å². The number of hydrogen-bond acceptors (Lipinski definition) is 2. The van der Waals surface area contributed by atoms with Gasteiger partial charge in [0.05, 0.1) is 12.7 Å². The van der Waals surface area contributed by atoms with Crippen LogP contribution in [0.2, 0.25) is 0 Å². The Bertz CT molecular complexity index is 531. The van der Waals surface area contributed by atoms with E-state index < -0.39 is 0 Å². The summed E-state index contributed by atoms with van der Waals surface area (Å²) in [5.41, 5.74) is 3.92. The minimum atomic E-state index is 0.838. The summed E-state index contributed by atoms with van der Waals surface area (Å²) in [5, 5.41) is 8.00. The zero-order valence-corrected chi connectivity index (χ0v) is 13.8. The zero-order chi connectivity index (χ0) is 14.4. The number of hydrogen-bond donors (Lipinski definition) is 1. The molecule has 1 N–H and O–H groups in total. The minimum Gasteiger partial charge on any atom is -0.313 e. The zero-order valence-electron chi connectivity index (χ0n) is 12.2. The van der Waals surface area contributed by atoms with E-state index in [0.29, 0.717) is 0 Å². The van der Waals surface area contributed by atoms with E-state index in [0.717, 1.165) is 36.9 Å². The molecule has 0 bridgehead atoms. The van der Waals surface area contributed by atoms with E-state index in [2.05, 4.69) is 69.1 Å². The summed E-state index contributed by atoms with van der Waals surface area (Å²) >= 11 is 3.47. The standard InChI is InChI=1S/C16H22BrN3/c1-3-9-18-10-14-11-19-20(16(14)4-2)12-13-5-7-15(17)8-6-13/h5-8,11,18H,3-4,9-10,12H2,1-2H3. The van der Waals surface area contributed by atoms with Gasteiger partial charge in [0.1, 0.15) is 0 Å². The highest BCUT2D eigenvalue weighted by atomic mass is 79.9. The number of nitrogens with zero attached hydrogens (tertiary/aromatic N) is 2. The van der Waals surface area contributed by atoms with Gasteiger partial charge < -0.3 is 5.32 Å². The average molecular weight is 336 g/mol. The normalized spacial score (nSPS) is 10.9. The van der Waals surface area contributed by atoms with E-state index in [9.17, 15) is 0 Å². The molecule has 0 aliphatic heterocycles. The Morgan fingerprint density at radius 1 is 1.20 bits per heavy atom. The Morgan fingerprint density at radius 2 is 1.95 bits per heavy atom. The van der Waals surface area contributed by atoms with Crippen molar-refractivity contribution in [3.63, 3.8) is 0 Å². The van der Waals surface area contributed by atoms with Crippen molar-refractivity contribution in [3.05, 3.63) is 51.8 Å². The van der Waals surface area contributed by atoms with Gasteiger partial charge in [-0.05, 0) is 37.1 Å². The van der Waals surface area contributed by atoms with Crippen molar-refractivity contribution in [1.29, 1.82) is 0 Å². The average Bonchev–Trinajstić information content (AvgIpc) is 2.84. The van der Waals surface area contributed by atoms with Crippen molar-refractivity contribution < 1.29 is 0 Å². The number of rotatable bonds is 7. The van der Waals surface area contributed by atoms with Crippen molar-refractivity contribution in [2.24, 2.45) is 0 Å². The number of nitrogens with one attached hydrogen (secondary N) is 1. The number of aromatic nitrogens is 2. The molecule has 0 saturated carbocycles. The molecule has 0 saturated heterocycles. The maximum Gasteiger partial charge on any atom is 0.0662 e. The molecule has 1 heterocycles. The first kappa shape index (κ1) is 15.3. The molecule has 1 aromatic heterocycles. The van der Waals surface area contributed by atoms with Gasteiger partial charge in [0.25, 0.3) is 0 Å². The van der Waals surface area contributed by atoms with Crippen LogP contribution in [0.15, 0.2) is 34.9 Å². The highest BCUT2D eigenvalue weighted by Crippen LogP contribution is 2.14. The number of halogens is 1. The minimum absolute atomic E-state index is 0.838. The molecule has 108 valence electrons. The van der Waals surface area contributed by atoms with Crippen LogP contribution in [0.4, 0.5) is 0 Å². The molecule has 0 aliphatic rings. The predicted molar refractivity (Wildman–Crippen MR) is 86.8 cm³/mol. The molecule has 0 fully saturated rings. The fraction of sp³-hybridized carbons (Fsp3) is 0.438. The Morgan fingerprint density at radius 3 is 2.60 bits per heavy atom. The first-order valence-corrected chi connectivity index (χ1v) is 8.02. The van der Waals surface area contributed by atoms with Crippen molar-refractivity contribution in [2.45, 2.75) is 39.8 Å². The van der Waals surface area contributed by atoms with Crippen molar-refractivity contribution in [2.75, 3.05) is 6.54 Å². The topological polar surface area (TPSA) is 29.9 Å². The molecule has 0 radical (unpaired) electrons. The van der Waals surface area contributed by atoms with E-state index in [-0.39, 0.29) is 0 Å². The first-order chi connectivity index (χ1) is 9.74. The van der Waals surface area contributed by atoms with Gasteiger partial charge >= 0.3 is 0 Å². The van der Waals surface area contributed by atoms with E-state index >= 15 is 0 Å². The Kier molecular flexibility index (Phi) is 5.80. The van der Waals surface area contributed by atoms with Gasteiger partial charge in [-0.15, -0.1) is 0 Å². The monoisotopic (exact) mass is 335 g/mol. The summed E-state index contributed by atoms with van der Waals surface area (Å²) in [4.78, 5) is 0. The SMILES string of the molecule is CCCNCc1cnn(Cc2ccc(Br)cc2)c1CC. The van der Waals surface area contributed by atoms with Crippen LogP contribution >= 0.6 is 15.9 Å². The smallest absolute Gasteiger partial charge is 0.0662 e. The molecule has 0 unspecified atom stereocenters. The van der Waals surface area contributed by atoms with Crippen LogP contribution in [0.5, 0.6) is 0 Å². The van der Waals surface area contributed by atoms with Crippen molar-refractivity contribution >= 4 is 15.9 Å². The van der Waals surface area contributed by atoms with Crippen LogP contribution in [-0.4, -0.2) is 16.3 Å². The summed E-state index contributed by atoms with van der Waals surface area (Å²) in [7, 11) is 0. The van der Waals surface area contributed by atoms with Crippen LogP contribution in [-0.2, 0) is 19.5 Å². The lowest BCUT2D eigenvalue weighted by Gasteiger charge is -2.09. The van der Waals surface area contributed by atoms with E-state index in [1.54, 1.807) is 0 Å². The maximum atomic E-state index is 4.55. The molecular formula is C16H22BrN3. The summed E-state index contributed by atoms with van der Waals surface area (Å²) in [6.07, 6.45) is 4.18. The fourth-order valence-corrected chi connectivity index (χ4v) is 2.57. The Balaban J connectivity index is 2.09. The lowest BCUT2D eigenvalue weighted by Crippen LogP contribution is -2.15. The molecule has 0 aliphatic carbocycles. The second-order valence-electron chi connectivity index (χ2n) is 4.93. The van der Waals surface area contributed by atoms with E-state index in [4.69, 9.17) is 0 Å². The summed E-state index contributed by atoms with van der Waals surface area (Å²) < 4.78 is 3.23. The lowest BCUT2D eigenvalue weighted by atomic mass is 10.2. The first-order valence-electron chi connectivity index (χ1n) is 7.23. The molecular weight excluding hydrogens is 314 g/mol. The fourth-order valence-electron chi connectivity index (χ4n) is 2.31. The third-order valence-corrected chi connectivity index (χ3v) is 3.89.